The first-order chi connectivity index (χ1) is 8.65. The van der Waals surface area contributed by atoms with E-state index in [-0.39, 0.29) is 0 Å². The number of benzene rings is 1. The van der Waals surface area contributed by atoms with Crippen molar-refractivity contribution >= 4 is 5.97 Å². The van der Waals surface area contributed by atoms with Crippen LogP contribution in [0.5, 0.6) is 0 Å². The average molecular weight is 245 g/mol. The van der Waals surface area contributed by atoms with Gasteiger partial charge in [0, 0.05) is 6.54 Å². The topological polar surface area (TPSA) is 70.1 Å². The summed E-state index contributed by atoms with van der Waals surface area (Å²) in [5.41, 5.74) is 8.55. The molecule has 1 heterocycles. The molecule has 5 nitrogen and oxygen atoms in total. The number of carbonyl (C=O) groups is 1. The van der Waals surface area contributed by atoms with Crippen LogP contribution < -0.4 is 5.73 Å². The molecule has 1 aromatic carbocycles. The van der Waals surface area contributed by atoms with E-state index in [9.17, 15) is 4.79 Å². The lowest BCUT2D eigenvalue weighted by Gasteiger charge is -2.07. The number of aromatic nitrogens is 2. The van der Waals surface area contributed by atoms with E-state index in [2.05, 4.69) is 5.10 Å². The molecule has 0 amide bonds. The van der Waals surface area contributed by atoms with Gasteiger partial charge in [0.25, 0.3) is 0 Å². The Morgan fingerprint density at radius 3 is 2.89 bits per heavy atom. The average Bonchev–Trinajstić information content (AvgIpc) is 2.80. The van der Waals surface area contributed by atoms with Crippen LogP contribution in [-0.2, 0) is 11.3 Å². The van der Waals surface area contributed by atoms with Crippen molar-refractivity contribution in [1.82, 2.24) is 9.78 Å². The third kappa shape index (κ3) is 2.26. The molecule has 94 valence electrons. The molecule has 2 N–H and O–H groups in total. The highest BCUT2D eigenvalue weighted by molar-refractivity contribution is 5.88. The third-order valence-corrected chi connectivity index (χ3v) is 2.62. The second-order valence-corrected chi connectivity index (χ2v) is 3.95. The molecule has 0 saturated heterocycles. The van der Waals surface area contributed by atoms with Crippen molar-refractivity contribution in [3.8, 4) is 5.69 Å². The number of hydrogen-bond acceptors (Lipinski definition) is 4. The summed E-state index contributed by atoms with van der Waals surface area (Å²) < 4.78 is 6.31. The minimum absolute atomic E-state index is 0.407. The smallest absolute Gasteiger partial charge is 0.356 e. The van der Waals surface area contributed by atoms with Crippen molar-refractivity contribution in [2.24, 2.45) is 5.73 Å². The Labute approximate surface area is 105 Å². The Balaban J connectivity index is 2.52. The van der Waals surface area contributed by atoms with Gasteiger partial charge in [-0.2, -0.15) is 5.10 Å². The van der Waals surface area contributed by atoms with E-state index in [1.165, 1.54) is 7.11 Å². The zero-order valence-corrected chi connectivity index (χ0v) is 10.4. The molecule has 0 radical (unpaired) electrons. The number of esters is 1. The molecule has 0 atom stereocenters. The predicted molar refractivity (Wildman–Crippen MR) is 67.5 cm³/mol. The molecule has 0 aliphatic rings. The van der Waals surface area contributed by atoms with Crippen LogP contribution in [0.4, 0.5) is 0 Å². The van der Waals surface area contributed by atoms with Gasteiger partial charge in [0.1, 0.15) is 0 Å². The molecular weight excluding hydrogens is 230 g/mol. The lowest BCUT2D eigenvalue weighted by molar-refractivity contribution is 0.0590. The Bertz CT molecular complexity index is 575. The molecule has 18 heavy (non-hydrogen) atoms. The van der Waals surface area contributed by atoms with Gasteiger partial charge in [0.15, 0.2) is 5.69 Å². The Morgan fingerprint density at radius 2 is 2.22 bits per heavy atom. The van der Waals surface area contributed by atoms with Crippen molar-refractivity contribution in [2.75, 3.05) is 7.11 Å². The first-order valence-corrected chi connectivity index (χ1v) is 5.60. The summed E-state index contributed by atoms with van der Waals surface area (Å²) in [5, 5.41) is 4.30. The van der Waals surface area contributed by atoms with E-state index >= 15 is 0 Å². The number of methoxy groups -OCH3 is 1. The quantitative estimate of drug-likeness (QED) is 0.830. The lowest BCUT2D eigenvalue weighted by Crippen LogP contribution is -2.10. The van der Waals surface area contributed by atoms with Gasteiger partial charge in [-0.3, -0.25) is 0 Å². The van der Waals surface area contributed by atoms with Gasteiger partial charge in [-0.1, -0.05) is 12.1 Å². The van der Waals surface area contributed by atoms with E-state index in [1.807, 2.05) is 31.2 Å². The molecule has 0 spiro atoms. The van der Waals surface area contributed by atoms with Crippen LogP contribution in [-0.4, -0.2) is 22.9 Å². The number of aryl methyl sites for hydroxylation is 1. The molecule has 0 saturated carbocycles. The summed E-state index contributed by atoms with van der Waals surface area (Å²) in [6.07, 6.45) is 0. The Hall–Kier alpha value is -2.14. The fourth-order valence-corrected chi connectivity index (χ4v) is 1.76. The summed E-state index contributed by atoms with van der Waals surface area (Å²) in [7, 11) is 1.35. The van der Waals surface area contributed by atoms with Crippen molar-refractivity contribution in [3.63, 3.8) is 0 Å². The molecule has 5 heteroatoms. The molecular formula is C13H15N3O2. The molecule has 0 aliphatic heterocycles. The van der Waals surface area contributed by atoms with Gasteiger partial charge in [-0.25, -0.2) is 9.48 Å². The van der Waals surface area contributed by atoms with Crippen LogP contribution in [0, 0.1) is 6.92 Å². The maximum absolute atomic E-state index is 11.7. The number of rotatable bonds is 3. The van der Waals surface area contributed by atoms with E-state index < -0.39 is 5.97 Å². The highest BCUT2D eigenvalue weighted by Gasteiger charge is 2.15. The van der Waals surface area contributed by atoms with E-state index in [1.54, 1.807) is 10.7 Å². The largest absolute Gasteiger partial charge is 0.464 e. The number of nitrogens with zero attached hydrogens (tertiary/aromatic N) is 2. The van der Waals surface area contributed by atoms with Crippen molar-refractivity contribution < 1.29 is 9.53 Å². The summed E-state index contributed by atoms with van der Waals surface area (Å²) in [6.45, 7) is 2.28. The second-order valence-electron chi connectivity index (χ2n) is 3.95. The maximum atomic E-state index is 11.7. The molecule has 2 aromatic rings. The van der Waals surface area contributed by atoms with Crippen LogP contribution >= 0.6 is 0 Å². The van der Waals surface area contributed by atoms with E-state index in [0.29, 0.717) is 12.2 Å². The summed E-state index contributed by atoms with van der Waals surface area (Å²) in [6, 6.07) is 9.28. The zero-order valence-electron chi connectivity index (χ0n) is 10.4. The lowest BCUT2D eigenvalue weighted by atomic mass is 10.2. The van der Waals surface area contributed by atoms with Crippen LogP contribution in [0.2, 0.25) is 0 Å². The van der Waals surface area contributed by atoms with Crippen LogP contribution in [0.1, 0.15) is 21.7 Å². The number of carbonyl (C=O) groups excluding carboxylic acids is 1. The second kappa shape index (κ2) is 5.01. The highest BCUT2D eigenvalue weighted by Crippen LogP contribution is 2.15. The zero-order chi connectivity index (χ0) is 13.1. The summed E-state index contributed by atoms with van der Waals surface area (Å²) in [5.74, 6) is -0.409. The summed E-state index contributed by atoms with van der Waals surface area (Å²) >= 11 is 0. The molecule has 1 aromatic heterocycles. The number of nitrogens with two attached hydrogens (primary N) is 1. The first-order valence-electron chi connectivity index (χ1n) is 5.60. The number of ether oxygens (including phenoxy) is 1. The molecule has 0 fully saturated rings. The van der Waals surface area contributed by atoms with Crippen molar-refractivity contribution in [1.29, 1.82) is 0 Å². The monoisotopic (exact) mass is 245 g/mol. The van der Waals surface area contributed by atoms with Gasteiger partial charge in [-0.05, 0) is 30.7 Å². The normalized spacial score (nSPS) is 10.4. The number of hydrogen-bond donors (Lipinski definition) is 1. The maximum Gasteiger partial charge on any atom is 0.356 e. The van der Waals surface area contributed by atoms with Crippen molar-refractivity contribution in [2.45, 2.75) is 13.5 Å². The van der Waals surface area contributed by atoms with Gasteiger partial charge < -0.3 is 10.5 Å². The highest BCUT2D eigenvalue weighted by atomic mass is 16.5. The molecule has 0 aliphatic carbocycles. The minimum Gasteiger partial charge on any atom is -0.464 e. The Kier molecular flexibility index (Phi) is 3.43. The fourth-order valence-electron chi connectivity index (χ4n) is 1.76. The SMILES string of the molecule is COC(=O)c1cc(C)nn1-c1cccc(CN)c1. The van der Waals surface area contributed by atoms with Gasteiger partial charge in [-0.15, -0.1) is 0 Å². The van der Waals surface area contributed by atoms with Crippen LogP contribution in [0.3, 0.4) is 0 Å². The molecule has 0 unspecified atom stereocenters. The molecule has 2 rings (SSSR count). The fraction of sp³-hybridized carbons (Fsp3) is 0.231. The minimum atomic E-state index is -0.409. The summed E-state index contributed by atoms with van der Waals surface area (Å²) in [4.78, 5) is 11.7. The predicted octanol–water partition coefficient (Wildman–Crippen LogP) is 1.43. The van der Waals surface area contributed by atoms with Crippen LogP contribution in [0.15, 0.2) is 30.3 Å². The first kappa shape index (κ1) is 12.3. The third-order valence-electron chi connectivity index (χ3n) is 2.62. The van der Waals surface area contributed by atoms with Gasteiger partial charge >= 0.3 is 5.97 Å². The standard InChI is InChI=1S/C13H15N3O2/c1-9-6-12(13(17)18-2)16(15-9)11-5-3-4-10(7-11)8-14/h3-7H,8,14H2,1-2H3. The molecule has 0 bridgehead atoms. The van der Waals surface area contributed by atoms with Gasteiger partial charge in [0.2, 0.25) is 0 Å². The van der Waals surface area contributed by atoms with Crippen LogP contribution in [0.25, 0.3) is 5.69 Å². The van der Waals surface area contributed by atoms with E-state index in [4.69, 9.17) is 10.5 Å². The van der Waals surface area contributed by atoms with Crippen molar-refractivity contribution in [3.05, 3.63) is 47.3 Å². The Morgan fingerprint density at radius 1 is 1.44 bits per heavy atom. The van der Waals surface area contributed by atoms with E-state index in [0.717, 1.165) is 16.9 Å². The van der Waals surface area contributed by atoms with Gasteiger partial charge in [0.05, 0.1) is 18.5 Å².